The molecule has 70 valence electrons. The van der Waals surface area contributed by atoms with Crippen LogP contribution in [0, 0.1) is 0 Å². The molecular weight excluding hydrogens is 156 g/mol. The zero-order valence-corrected chi connectivity index (χ0v) is 7.15. The van der Waals surface area contributed by atoms with Gasteiger partial charge in [-0.05, 0) is 6.42 Å². The lowest BCUT2D eigenvalue weighted by Gasteiger charge is -2.06. The molecule has 1 atom stereocenters. The average Bonchev–Trinajstić information content (AvgIpc) is 2.06. The lowest BCUT2D eigenvalue weighted by molar-refractivity contribution is 0.0511. The Balaban J connectivity index is 3.26. The summed E-state index contributed by atoms with van der Waals surface area (Å²) < 4.78 is 5.01. The van der Waals surface area contributed by atoms with Crippen molar-refractivity contribution in [2.45, 2.75) is 12.5 Å². The number of aliphatic hydroxyl groups is 2. The van der Waals surface area contributed by atoms with Gasteiger partial charge in [0.2, 0.25) is 0 Å². The summed E-state index contributed by atoms with van der Waals surface area (Å²) in [7, 11) is 0. The Morgan fingerprint density at radius 1 is 1.42 bits per heavy atom. The molecule has 0 unspecified atom stereocenters. The average molecular weight is 172 g/mol. The third-order valence-corrected chi connectivity index (χ3v) is 1.23. The molecule has 0 aromatic heterocycles. The normalized spacial score (nSPS) is 13.5. The van der Waals surface area contributed by atoms with Crippen LogP contribution >= 0.6 is 0 Å². The minimum absolute atomic E-state index is 0.0141. The van der Waals surface area contributed by atoms with Crippen LogP contribution in [0.3, 0.4) is 0 Å². The largest absolute Gasteiger partial charge is 0.392 e. The second kappa shape index (κ2) is 8.46. The second-order valence-corrected chi connectivity index (χ2v) is 2.37. The van der Waals surface area contributed by atoms with Gasteiger partial charge in [0, 0.05) is 0 Å². The third kappa shape index (κ3) is 7.47. The van der Waals surface area contributed by atoms with E-state index in [9.17, 15) is 5.11 Å². The minimum atomic E-state index is -0.493. The van der Waals surface area contributed by atoms with Crippen LogP contribution in [-0.4, -0.2) is 36.1 Å². The lowest BCUT2D eigenvalue weighted by atomic mass is 10.2. The van der Waals surface area contributed by atoms with E-state index in [1.807, 2.05) is 0 Å². The molecule has 0 aromatic carbocycles. The molecule has 3 nitrogen and oxygen atoms in total. The molecule has 3 heteroatoms. The monoisotopic (exact) mass is 172 g/mol. The van der Waals surface area contributed by atoms with E-state index in [1.54, 1.807) is 18.2 Å². The van der Waals surface area contributed by atoms with E-state index in [1.165, 1.54) is 0 Å². The van der Waals surface area contributed by atoms with Gasteiger partial charge in [-0.3, -0.25) is 0 Å². The Morgan fingerprint density at radius 3 is 2.75 bits per heavy atom. The summed E-state index contributed by atoms with van der Waals surface area (Å²) in [6, 6.07) is 0. The molecule has 0 fully saturated rings. The number of ether oxygens (including phenoxy) is 1. The van der Waals surface area contributed by atoms with Crippen molar-refractivity contribution in [2.75, 3.05) is 19.8 Å². The SMILES string of the molecule is C=CCOC[C@H](O)C/C=C\CO. The summed E-state index contributed by atoms with van der Waals surface area (Å²) in [5.74, 6) is 0. The summed E-state index contributed by atoms with van der Waals surface area (Å²) in [4.78, 5) is 0. The lowest BCUT2D eigenvalue weighted by Crippen LogP contribution is -2.14. The van der Waals surface area contributed by atoms with Crippen LogP contribution in [-0.2, 0) is 4.74 Å². The maximum absolute atomic E-state index is 9.21. The topological polar surface area (TPSA) is 49.7 Å². The summed E-state index contributed by atoms with van der Waals surface area (Å²) in [5, 5.41) is 17.6. The predicted molar refractivity (Wildman–Crippen MR) is 47.9 cm³/mol. The van der Waals surface area contributed by atoms with Gasteiger partial charge in [0.15, 0.2) is 0 Å². The van der Waals surface area contributed by atoms with Gasteiger partial charge >= 0.3 is 0 Å². The summed E-state index contributed by atoms with van der Waals surface area (Å²) in [6.07, 6.45) is 4.97. The number of hydrogen-bond acceptors (Lipinski definition) is 3. The van der Waals surface area contributed by atoms with Gasteiger partial charge in [-0.1, -0.05) is 18.2 Å². The van der Waals surface area contributed by atoms with Gasteiger partial charge in [0.05, 0.1) is 25.9 Å². The van der Waals surface area contributed by atoms with Gasteiger partial charge in [-0.15, -0.1) is 6.58 Å². The maximum Gasteiger partial charge on any atom is 0.0808 e. The van der Waals surface area contributed by atoms with Crippen LogP contribution in [0.2, 0.25) is 0 Å². The minimum Gasteiger partial charge on any atom is -0.392 e. The fourth-order valence-electron chi connectivity index (χ4n) is 0.683. The molecule has 12 heavy (non-hydrogen) atoms. The zero-order chi connectivity index (χ0) is 9.23. The fourth-order valence-corrected chi connectivity index (χ4v) is 0.683. The first-order valence-electron chi connectivity index (χ1n) is 3.93. The Hall–Kier alpha value is -0.640. The number of rotatable bonds is 7. The highest BCUT2D eigenvalue weighted by atomic mass is 16.5. The molecule has 0 aliphatic carbocycles. The van der Waals surface area contributed by atoms with Crippen molar-refractivity contribution >= 4 is 0 Å². The van der Waals surface area contributed by atoms with Gasteiger partial charge in [0.1, 0.15) is 0 Å². The number of aliphatic hydroxyl groups excluding tert-OH is 2. The van der Waals surface area contributed by atoms with Gasteiger partial charge in [-0.25, -0.2) is 0 Å². The maximum atomic E-state index is 9.21. The molecule has 0 amide bonds. The fraction of sp³-hybridized carbons (Fsp3) is 0.556. The van der Waals surface area contributed by atoms with Crippen LogP contribution in [0.25, 0.3) is 0 Å². The van der Waals surface area contributed by atoms with Gasteiger partial charge < -0.3 is 14.9 Å². The van der Waals surface area contributed by atoms with Crippen LogP contribution in [0.15, 0.2) is 24.8 Å². The molecule has 0 radical (unpaired) electrons. The standard InChI is InChI=1S/C9H16O3/c1-2-7-12-8-9(11)5-3-4-6-10/h2-4,9-11H,1,5-8H2/b4-3-/t9-/m1/s1. The smallest absolute Gasteiger partial charge is 0.0808 e. The van der Waals surface area contributed by atoms with E-state index in [4.69, 9.17) is 9.84 Å². The summed E-state index contributed by atoms with van der Waals surface area (Å²) in [5.41, 5.74) is 0. The highest BCUT2D eigenvalue weighted by Crippen LogP contribution is 1.94. The van der Waals surface area contributed by atoms with Crippen molar-refractivity contribution < 1.29 is 14.9 Å². The van der Waals surface area contributed by atoms with Crippen molar-refractivity contribution in [3.8, 4) is 0 Å². The highest BCUT2D eigenvalue weighted by Gasteiger charge is 1.99. The van der Waals surface area contributed by atoms with Crippen LogP contribution in [0.1, 0.15) is 6.42 Å². The molecule has 0 spiro atoms. The van der Waals surface area contributed by atoms with E-state index in [0.717, 1.165) is 0 Å². The van der Waals surface area contributed by atoms with Crippen LogP contribution in [0.4, 0.5) is 0 Å². The second-order valence-electron chi connectivity index (χ2n) is 2.37. The van der Waals surface area contributed by atoms with Crippen molar-refractivity contribution in [3.05, 3.63) is 24.8 Å². The van der Waals surface area contributed by atoms with Crippen molar-refractivity contribution in [2.24, 2.45) is 0 Å². The van der Waals surface area contributed by atoms with E-state index in [0.29, 0.717) is 19.6 Å². The molecule has 0 bridgehead atoms. The molecule has 0 aliphatic rings. The van der Waals surface area contributed by atoms with Crippen molar-refractivity contribution in [1.82, 2.24) is 0 Å². The van der Waals surface area contributed by atoms with E-state index >= 15 is 0 Å². The molecule has 0 saturated carbocycles. The molecular formula is C9H16O3. The molecule has 0 saturated heterocycles. The molecule has 0 aliphatic heterocycles. The zero-order valence-electron chi connectivity index (χ0n) is 7.15. The molecule has 2 N–H and O–H groups in total. The molecule has 0 rings (SSSR count). The Kier molecular flexibility index (Phi) is 8.01. The van der Waals surface area contributed by atoms with Crippen molar-refractivity contribution in [3.63, 3.8) is 0 Å². The molecule has 0 aromatic rings. The Labute approximate surface area is 73.0 Å². The third-order valence-electron chi connectivity index (χ3n) is 1.23. The van der Waals surface area contributed by atoms with Gasteiger partial charge in [-0.2, -0.15) is 0 Å². The summed E-state index contributed by atoms with van der Waals surface area (Å²) in [6.45, 7) is 4.26. The van der Waals surface area contributed by atoms with Gasteiger partial charge in [0.25, 0.3) is 0 Å². The van der Waals surface area contributed by atoms with E-state index in [2.05, 4.69) is 6.58 Å². The first kappa shape index (κ1) is 11.4. The van der Waals surface area contributed by atoms with Crippen LogP contribution < -0.4 is 0 Å². The van der Waals surface area contributed by atoms with Crippen LogP contribution in [0.5, 0.6) is 0 Å². The first-order chi connectivity index (χ1) is 5.81. The van der Waals surface area contributed by atoms with E-state index < -0.39 is 6.10 Å². The predicted octanol–water partition coefficient (Wildman–Crippen LogP) is 0.488. The Bertz CT molecular complexity index is 132. The first-order valence-corrected chi connectivity index (χ1v) is 3.93. The Morgan fingerprint density at radius 2 is 2.17 bits per heavy atom. The highest BCUT2D eigenvalue weighted by molar-refractivity contribution is 4.83. The quantitative estimate of drug-likeness (QED) is 0.434. The van der Waals surface area contributed by atoms with E-state index in [-0.39, 0.29) is 6.61 Å². The number of hydrogen-bond donors (Lipinski definition) is 2. The molecule has 0 heterocycles. The van der Waals surface area contributed by atoms with Crippen molar-refractivity contribution in [1.29, 1.82) is 0 Å². The summed E-state index contributed by atoms with van der Waals surface area (Å²) >= 11 is 0.